The summed E-state index contributed by atoms with van der Waals surface area (Å²) < 4.78 is 5.75. The average molecular weight is 291 g/mol. The highest BCUT2D eigenvalue weighted by atomic mass is 32.1. The van der Waals surface area contributed by atoms with E-state index in [1.165, 1.54) is 11.3 Å². The molecule has 2 saturated heterocycles. The summed E-state index contributed by atoms with van der Waals surface area (Å²) in [6.45, 7) is 1.48. The zero-order valence-corrected chi connectivity index (χ0v) is 12.0. The van der Waals surface area contributed by atoms with Crippen molar-refractivity contribution in [1.82, 2.24) is 4.90 Å². The van der Waals surface area contributed by atoms with Gasteiger partial charge in [-0.25, -0.2) is 0 Å². The fourth-order valence-electron chi connectivity index (χ4n) is 2.66. The van der Waals surface area contributed by atoms with Gasteiger partial charge in [-0.1, -0.05) is 11.8 Å². The van der Waals surface area contributed by atoms with E-state index >= 15 is 0 Å². The van der Waals surface area contributed by atoms with E-state index in [0.717, 1.165) is 22.6 Å². The zero-order valence-electron chi connectivity index (χ0n) is 11.2. The van der Waals surface area contributed by atoms with Crippen molar-refractivity contribution in [1.29, 1.82) is 0 Å². The Morgan fingerprint density at radius 2 is 2.15 bits per heavy atom. The van der Waals surface area contributed by atoms with Crippen LogP contribution in [0.2, 0.25) is 0 Å². The fraction of sp³-hybridized carbons (Fsp3) is 0.533. The summed E-state index contributed by atoms with van der Waals surface area (Å²) in [5.41, 5.74) is 0. The molecule has 1 N–H and O–H groups in total. The van der Waals surface area contributed by atoms with Crippen molar-refractivity contribution in [3.63, 3.8) is 0 Å². The van der Waals surface area contributed by atoms with Crippen LogP contribution in [-0.4, -0.2) is 47.8 Å². The van der Waals surface area contributed by atoms with Crippen LogP contribution in [0.5, 0.6) is 0 Å². The summed E-state index contributed by atoms with van der Waals surface area (Å²) in [7, 11) is 0. The summed E-state index contributed by atoms with van der Waals surface area (Å²) in [5, 5.41) is 8.69. The Labute approximate surface area is 122 Å². The molecule has 5 heteroatoms. The molecule has 0 spiro atoms. The van der Waals surface area contributed by atoms with Crippen molar-refractivity contribution < 1.29 is 14.6 Å². The van der Waals surface area contributed by atoms with Gasteiger partial charge in [0.2, 0.25) is 0 Å². The second-order valence-electron chi connectivity index (χ2n) is 5.11. The smallest absolute Gasteiger partial charge is 0.264 e. The molecule has 1 aromatic rings. The molecule has 0 aliphatic carbocycles. The highest BCUT2D eigenvalue weighted by Crippen LogP contribution is 2.28. The van der Waals surface area contributed by atoms with Gasteiger partial charge in [0, 0.05) is 19.5 Å². The normalized spacial score (nSPS) is 24.4. The molecule has 1 amide bonds. The lowest BCUT2D eigenvalue weighted by Crippen LogP contribution is -2.45. The number of fused-ring (bicyclic) bond motifs is 2. The predicted molar refractivity (Wildman–Crippen MR) is 76.7 cm³/mol. The van der Waals surface area contributed by atoms with Gasteiger partial charge in [-0.2, -0.15) is 0 Å². The molecule has 1 aromatic heterocycles. The molecule has 2 atom stereocenters. The maximum atomic E-state index is 12.5. The molecular weight excluding hydrogens is 274 g/mol. The summed E-state index contributed by atoms with van der Waals surface area (Å²) in [6, 6.07) is 3.71. The first-order valence-corrected chi connectivity index (χ1v) is 7.72. The van der Waals surface area contributed by atoms with Crippen LogP contribution in [-0.2, 0) is 4.74 Å². The van der Waals surface area contributed by atoms with Gasteiger partial charge in [0.1, 0.15) is 0 Å². The molecule has 3 heterocycles. The van der Waals surface area contributed by atoms with E-state index in [0.29, 0.717) is 19.5 Å². The Morgan fingerprint density at radius 1 is 1.40 bits per heavy atom. The van der Waals surface area contributed by atoms with E-state index in [-0.39, 0.29) is 24.7 Å². The zero-order chi connectivity index (χ0) is 13.9. The number of rotatable bonds is 2. The Morgan fingerprint density at radius 3 is 2.85 bits per heavy atom. The molecule has 2 bridgehead atoms. The number of carbonyl (C=O) groups is 1. The Balaban J connectivity index is 1.67. The van der Waals surface area contributed by atoms with Gasteiger partial charge in [0.15, 0.2) is 0 Å². The third-order valence-electron chi connectivity index (χ3n) is 3.60. The quantitative estimate of drug-likeness (QED) is 0.840. The van der Waals surface area contributed by atoms with Gasteiger partial charge in [-0.15, -0.1) is 11.3 Å². The van der Waals surface area contributed by atoms with Crippen molar-refractivity contribution in [3.8, 4) is 11.8 Å². The third-order valence-corrected chi connectivity index (χ3v) is 4.58. The van der Waals surface area contributed by atoms with Crippen molar-refractivity contribution in [3.05, 3.63) is 21.9 Å². The lowest BCUT2D eigenvalue weighted by Gasteiger charge is -2.31. The monoisotopic (exact) mass is 291 g/mol. The molecule has 2 unspecified atom stereocenters. The van der Waals surface area contributed by atoms with Crippen LogP contribution in [0.15, 0.2) is 12.1 Å². The molecule has 2 aliphatic heterocycles. The standard InChI is InChI=1S/C15H17NO3S/c17-8-2-1-3-13-6-7-14(20-13)15(18)16-9-11-4-5-12(10-16)19-11/h6-7,11-12,17H,2,4-5,8-10H2. The predicted octanol–water partition coefficient (Wildman–Crippen LogP) is 1.49. The number of hydrogen-bond acceptors (Lipinski definition) is 4. The van der Waals surface area contributed by atoms with E-state index in [2.05, 4.69) is 11.8 Å². The SMILES string of the molecule is O=C(c1ccc(C#CCCO)s1)N1CC2CCC(C1)O2. The Bertz CT molecular complexity index is 545. The van der Waals surface area contributed by atoms with E-state index in [9.17, 15) is 4.79 Å². The Hall–Kier alpha value is -1.35. The molecule has 2 fully saturated rings. The van der Waals surface area contributed by atoms with Gasteiger partial charge in [0.25, 0.3) is 5.91 Å². The first kappa shape index (κ1) is 13.6. The first-order chi connectivity index (χ1) is 9.76. The van der Waals surface area contributed by atoms with E-state index in [1.54, 1.807) is 0 Å². The molecule has 2 aliphatic rings. The molecule has 0 radical (unpaired) electrons. The first-order valence-electron chi connectivity index (χ1n) is 6.90. The molecule has 106 valence electrons. The maximum absolute atomic E-state index is 12.5. The molecule has 0 saturated carbocycles. The third kappa shape index (κ3) is 2.88. The second kappa shape index (κ2) is 5.96. The molecule has 3 rings (SSSR count). The van der Waals surface area contributed by atoms with Crippen molar-refractivity contribution in [2.45, 2.75) is 31.5 Å². The molecule has 0 aromatic carbocycles. The summed E-state index contributed by atoms with van der Waals surface area (Å²) >= 11 is 1.42. The van der Waals surface area contributed by atoms with Gasteiger partial charge >= 0.3 is 0 Å². The lowest BCUT2D eigenvalue weighted by atomic mass is 10.2. The summed E-state index contributed by atoms with van der Waals surface area (Å²) in [5.74, 6) is 5.93. The van der Waals surface area contributed by atoms with Gasteiger partial charge in [0.05, 0.1) is 28.6 Å². The van der Waals surface area contributed by atoms with Crippen LogP contribution in [0.3, 0.4) is 0 Å². The van der Waals surface area contributed by atoms with Gasteiger partial charge in [-0.05, 0) is 25.0 Å². The molecule has 4 nitrogen and oxygen atoms in total. The lowest BCUT2D eigenvalue weighted by molar-refractivity contribution is -0.0302. The van der Waals surface area contributed by atoms with Crippen LogP contribution in [0.1, 0.15) is 33.8 Å². The number of morpholine rings is 1. The number of ether oxygens (including phenoxy) is 1. The van der Waals surface area contributed by atoms with E-state index in [1.807, 2.05) is 17.0 Å². The molecule has 20 heavy (non-hydrogen) atoms. The van der Waals surface area contributed by atoms with Crippen molar-refractivity contribution in [2.75, 3.05) is 19.7 Å². The number of likely N-dealkylation sites (tertiary alicyclic amines) is 1. The number of amides is 1. The fourth-order valence-corrected chi connectivity index (χ4v) is 3.51. The topological polar surface area (TPSA) is 49.8 Å². The number of carbonyl (C=O) groups excluding carboxylic acids is 1. The number of hydrogen-bond donors (Lipinski definition) is 1. The Kier molecular flexibility index (Phi) is 4.06. The van der Waals surface area contributed by atoms with Crippen molar-refractivity contribution in [2.24, 2.45) is 0 Å². The number of aliphatic hydroxyl groups is 1. The average Bonchev–Trinajstić information content (AvgIpc) is 3.05. The van der Waals surface area contributed by atoms with E-state index < -0.39 is 0 Å². The minimum absolute atomic E-state index is 0.0702. The number of aliphatic hydroxyl groups excluding tert-OH is 1. The minimum Gasteiger partial charge on any atom is -0.395 e. The van der Waals surface area contributed by atoms with E-state index in [4.69, 9.17) is 9.84 Å². The largest absolute Gasteiger partial charge is 0.395 e. The minimum atomic E-state index is 0.0702. The van der Waals surface area contributed by atoms with Crippen LogP contribution in [0, 0.1) is 11.8 Å². The van der Waals surface area contributed by atoms with Crippen LogP contribution < -0.4 is 0 Å². The number of nitrogens with zero attached hydrogens (tertiary/aromatic N) is 1. The second-order valence-corrected chi connectivity index (χ2v) is 6.19. The van der Waals surface area contributed by atoms with Gasteiger partial charge in [-0.3, -0.25) is 4.79 Å². The van der Waals surface area contributed by atoms with Crippen LogP contribution in [0.4, 0.5) is 0 Å². The number of thiophene rings is 1. The highest BCUT2D eigenvalue weighted by Gasteiger charge is 2.36. The summed E-state index contributed by atoms with van der Waals surface area (Å²) in [6.07, 6.45) is 3.05. The maximum Gasteiger partial charge on any atom is 0.264 e. The molecular formula is C15H17NO3S. The highest BCUT2D eigenvalue weighted by molar-refractivity contribution is 7.14. The van der Waals surface area contributed by atoms with Crippen LogP contribution >= 0.6 is 11.3 Å². The van der Waals surface area contributed by atoms with Gasteiger partial charge < -0.3 is 14.7 Å². The summed E-state index contributed by atoms with van der Waals surface area (Å²) in [4.78, 5) is 16.0. The van der Waals surface area contributed by atoms with Crippen LogP contribution in [0.25, 0.3) is 0 Å². The van der Waals surface area contributed by atoms with Crippen molar-refractivity contribution >= 4 is 17.2 Å².